The molecule has 20 heavy (non-hydrogen) atoms. The van der Waals surface area contributed by atoms with Crippen molar-refractivity contribution in [3.8, 4) is 0 Å². The molecule has 0 atom stereocenters. The quantitative estimate of drug-likeness (QED) is 0.833. The molecule has 1 aliphatic heterocycles. The lowest BCUT2D eigenvalue weighted by atomic mass is 10.2. The predicted molar refractivity (Wildman–Crippen MR) is 81.2 cm³/mol. The van der Waals surface area contributed by atoms with Gasteiger partial charge in [0.1, 0.15) is 6.54 Å². The Morgan fingerprint density at radius 1 is 1.35 bits per heavy atom. The number of amides is 2. The lowest BCUT2D eigenvalue weighted by Crippen LogP contribution is -2.43. The van der Waals surface area contributed by atoms with Crippen LogP contribution in [0.2, 0.25) is 0 Å². The third-order valence-electron chi connectivity index (χ3n) is 3.29. The van der Waals surface area contributed by atoms with Gasteiger partial charge in [-0.05, 0) is 19.4 Å². The Bertz CT molecular complexity index is 476. The highest BCUT2D eigenvalue weighted by Crippen LogP contribution is 2.16. The van der Waals surface area contributed by atoms with Crippen LogP contribution in [0.15, 0.2) is 30.3 Å². The van der Waals surface area contributed by atoms with E-state index in [4.69, 9.17) is 0 Å². The van der Waals surface area contributed by atoms with Crippen LogP contribution in [-0.2, 0) is 16.1 Å². The number of benzene rings is 1. The highest BCUT2D eigenvalue weighted by atomic mass is 32.2. The second-order valence-electron chi connectivity index (χ2n) is 5.17. The highest BCUT2D eigenvalue weighted by molar-refractivity contribution is 8.00. The monoisotopic (exact) mass is 292 g/mol. The number of carbonyl (C=O) groups excluding carboxylic acids is 2. The van der Waals surface area contributed by atoms with E-state index in [1.165, 1.54) is 0 Å². The van der Waals surface area contributed by atoms with Gasteiger partial charge >= 0.3 is 0 Å². The number of rotatable bonds is 5. The molecule has 0 radical (unpaired) electrons. The zero-order chi connectivity index (χ0) is 14.5. The van der Waals surface area contributed by atoms with Crippen molar-refractivity contribution in [1.82, 2.24) is 9.80 Å². The summed E-state index contributed by atoms with van der Waals surface area (Å²) in [6, 6.07) is 10.1. The molecule has 0 unspecified atom stereocenters. The highest BCUT2D eigenvalue weighted by Gasteiger charge is 2.26. The summed E-state index contributed by atoms with van der Waals surface area (Å²) in [5.41, 5.74) is 1.11. The molecule has 1 aromatic rings. The van der Waals surface area contributed by atoms with Gasteiger partial charge in [0.15, 0.2) is 0 Å². The molecular formula is C15H20N2O2S. The summed E-state index contributed by atoms with van der Waals surface area (Å²) in [5.74, 6) is 1.20. The molecule has 1 aliphatic rings. The SMILES string of the molecule is CC(C)N(Cc1ccccc1)C(=O)CN1CSCC1=O. The van der Waals surface area contributed by atoms with Crippen molar-refractivity contribution in [2.75, 3.05) is 18.2 Å². The van der Waals surface area contributed by atoms with Crippen LogP contribution >= 0.6 is 11.8 Å². The number of thioether (sulfide) groups is 1. The molecule has 1 heterocycles. The molecule has 4 nitrogen and oxygen atoms in total. The molecule has 0 aliphatic carbocycles. The molecule has 0 spiro atoms. The average molecular weight is 292 g/mol. The Kier molecular flexibility index (Phi) is 5.06. The van der Waals surface area contributed by atoms with Crippen LogP contribution in [0, 0.1) is 0 Å². The summed E-state index contributed by atoms with van der Waals surface area (Å²) in [6.07, 6.45) is 0. The Balaban J connectivity index is 2.00. The number of hydrogen-bond donors (Lipinski definition) is 0. The third-order valence-corrected chi connectivity index (χ3v) is 4.24. The van der Waals surface area contributed by atoms with Gasteiger partial charge in [-0.25, -0.2) is 0 Å². The van der Waals surface area contributed by atoms with Gasteiger partial charge in [-0.1, -0.05) is 30.3 Å². The van der Waals surface area contributed by atoms with Crippen LogP contribution in [0.25, 0.3) is 0 Å². The van der Waals surface area contributed by atoms with Gasteiger partial charge in [-0.2, -0.15) is 0 Å². The molecule has 5 heteroatoms. The van der Waals surface area contributed by atoms with E-state index < -0.39 is 0 Å². The molecule has 1 fully saturated rings. The lowest BCUT2D eigenvalue weighted by Gasteiger charge is -2.28. The van der Waals surface area contributed by atoms with Gasteiger partial charge in [0.05, 0.1) is 11.6 Å². The van der Waals surface area contributed by atoms with Crippen molar-refractivity contribution in [1.29, 1.82) is 0 Å². The number of carbonyl (C=O) groups is 2. The Morgan fingerprint density at radius 3 is 2.60 bits per heavy atom. The second-order valence-corrected chi connectivity index (χ2v) is 6.13. The fourth-order valence-electron chi connectivity index (χ4n) is 2.13. The summed E-state index contributed by atoms with van der Waals surface area (Å²) < 4.78 is 0. The van der Waals surface area contributed by atoms with Crippen LogP contribution in [0.1, 0.15) is 19.4 Å². The summed E-state index contributed by atoms with van der Waals surface area (Å²) in [6.45, 7) is 4.78. The number of nitrogens with zero attached hydrogens (tertiary/aromatic N) is 2. The minimum Gasteiger partial charge on any atom is -0.334 e. The maximum absolute atomic E-state index is 12.4. The smallest absolute Gasteiger partial charge is 0.242 e. The van der Waals surface area contributed by atoms with Crippen molar-refractivity contribution in [2.24, 2.45) is 0 Å². The van der Waals surface area contributed by atoms with E-state index in [1.807, 2.05) is 49.1 Å². The van der Waals surface area contributed by atoms with E-state index in [2.05, 4.69) is 0 Å². The lowest BCUT2D eigenvalue weighted by molar-refractivity contribution is -0.139. The number of hydrogen-bond acceptors (Lipinski definition) is 3. The van der Waals surface area contributed by atoms with Crippen LogP contribution in [-0.4, -0.2) is 45.8 Å². The van der Waals surface area contributed by atoms with Gasteiger partial charge in [-0.15, -0.1) is 11.8 Å². The van der Waals surface area contributed by atoms with Crippen molar-refractivity contribution in [3.63, 3.8) is 0 Å². The maximum atomic E-state index is 12.4. The zero-order valence-electron chi connectivity index (χ0n) is 11.9. The van der Waals surface area contributed by atoms with E-state index >= 15 is 0 Å². The topological polar surface area (TPSA) is 40.6 Å². The van der Waals surface area contributed by atoms with Gasteiger partial charge in [-0.3, -0.25) is 9.59 Å². The molecule has 0 bridgehead atoms. The van der Waals surface area contributed by atoms with Crippen LogP contribution in [0.4, 0.5) is 0 Å². The van der Waals surface area contributed by atoms with E-state index in [-0.39, 0.29) is 24.4 Å². The largest absolute Gasteiger partial charge is 0.334 e. The van der Waals surface area contributed by atoms with Gasteiger partial charge < -0.3 is 9.80 Å². The molecule has 0 aromatic heterocycles. The van der Waals surface area contributed by atoms with Crippen molar-refractivity contribution in [3.05, 3.63) is 35.9 Å². The minimum atomic E-state index is 0.0136. The van der Waals surface area contributed by atoms with Crippen LogP contribution in [0.5, 0.6) is 0 Å². The van der Waals surface area contributed by atoms with E-state index in [0.717, 1.165) is 5.56 Å². The molecule has 108 valence electrons. The Morgan fingerprint density at radius 2 is 2.05 bits per heavy atom. The van der Waals surface area contributed by atoms with Gasteiger partial charge in [0.2, 0.25) is 11.8 Å². The normalized spacial score (nSPS) is 14.9. The molecule has 1 saturated heterocycles. The zero-order valence-corrected chi connectivity index (χ0v) is 12.7. The first kappa shape index (κ1) is 14.9. The maximum Gasteiger partial charge on any atom is 0.242 e. The second kappa shape index (κ2) is 6.79. The molecule has 1 aromatic carbocycles. The van der Waals surface area contributed by atoms with E-state index in [9.17, 15) is 9.59 Å². The van der Waals surface area contributed by atoms with Crippen molar-refractivity contribution >= 4 is 23.6 Å². The molecule has 0 saturated carbocycles. The van der Waals surface area contributed by atoms with Gasteiger partial charge in [0, 0.05) is 12.6 Å². The molecule has 2 amide bonds. The summed E-state index contributed by atoms with van der Waals surface area (Å²) in [5, 5.41) is 0. The molecular weight excluding hydrogens is 272 g/mol. The fourth-order valence-corrected chi connectivity index (χ4v) is 3.04. The van der Waals surface area contributed by atoms with E-state index in [0.29, 0.717) is 18.2 Å². The first-order chi connectivity index (χ1) is 9.58. The Labute approximate surface area is 124 Å². The molecule has 0 N–H and O–H groups in total. The summed E-state index contributed by atoms with van der Waals surface area (Å²) in [7, 11) is 0. The third kappa shape index (κ3) is 3.76. The Hall–Kier alpha value is -1.49. The fraction of sp³-hybridized carbons (Fsp3) is 0.467. The van der Waals surface area contributed by atoms with Crippen molar-refractivity contribution in [2.45, 2.75) is 26.4 Å². The van der Waals surface area contributed by atoms with E-state index in [1.54, 1.807) is 16.7 Å². The molecule has 2 rings (SSSR count). The van der Waals surface area contributed by atoms with Gasteiger partial charge in [0.25, 0.3) is 0 Å². The van der Waals surface area contributed by atoms with Crippen LogP contribution < -0.4 is 0 Å². The van der Waals surface area contributed by atoms with Crippen LogP contribution in [0.3, 0.4) is 0 Å². The predicted octanol–water partition coefficient (Wildman–Crippen LogP) is 1.96. The van der Waals surface area contributed by atoms with Crippen molar-refractivity contribution < 1.29 is 9.59 Å². The first-order valence-corrected chi connectivity index (χ1v) is 7.92. The first-order valence-electron chi connectivity index (χ1n) is 6.77. The standard InChI is InChI=1S/C15H20N2O2S/c1-12(2)17(8-13-6-4-3-5-7-13)14(18)9-16-11-20-10-15(16)19/h3-7,12H,8-11H2,1-2H3. The average Bonchev–Trinajstić information content (AvgIpc) is 2.82. The summed E-state index contributed by atoms with van der Waals surface area (Å²) >= 11 is 1.56. The summed E-state index contributed by atoms with van der Waals surface area (Å²) in [4.78, 5) is 27.5. The minimum absolute atomic E-state index is 0.0136.